The van der Waals surface area contributed by atoms with Gasteiger partial charge in [-0.1, -0.05) is 0 Å². The maximum absolute atomic E-state index is 10.6. The molecule has 0 saturated heterocycles. The first-order valence-electron chi connectivity index (χ1n) is 2.81. The lowest BCUT2D eigenvalue weighted by atomic mass is 10.4. The first-order chi connectivity index (χ1) is 4.00. The van der Waals surface area contributed by atoms with E-state index in [1.165, 1.54) is 0 Å². The molecule has 0 heterocycles. The van der Waals surface area contributed by atoms with Crippen LogP contribution in [0, 0.1) is 6.92 Å². The van der Waals surface area contributed by atoms with Gasteiger partial charge in [-0.2, -0.15) is 0 Å². The van der Waals surface area contributed by atoms with E-state index in [0.29, 0.717) is 6.54 Å². The Bertz CT molecular complexity index is 110. The highest BCUT2D eigenvalue weighted by molar-refractivity contribution is 5.73. The van der Waals surface area contributed by atoms with E-state index >= 15 is 0 Å². The van der Waals surface area contributed by atoms with Gasteiger partial charge in [-0.25, -0.2) is 4.79 Å². The number of amides is 1. The van der Waals surface area contributed by atoms with Crippen molar-refractivity contribution in [2.24, 2.45) is 0 Å². The van der Waals surface area contributed by atoms with Crippen LogP contribution in [0.2, 0.25) is 0 Å². The van der Waals surface area contributed by atoms with Crippen LogP contribution in [0.3, 0.4) is 0 Å². The summed E-state index contributed by atoms with van der Waals surface area (Å²) in [5.41, 5.74) is 0. The topological polar surface area (TPSA) is 37.3 Å². The van der Waals surface area contributed by atoms with Gasteiger partial charge in [0.2, 0.25) is 0 Å². The first-order valence-corrected chi connectivity index (χ1v) is 2.81. The van der Waals surface area contributed by atoms with Crippen molar-refractivity contribution in [1.29, 1.82) is 0 Å². The van der Waals surface area contributed by atoms with E-state index < -0.39 is 0 Å². The SMILES string of the molecule is [CH2]C(=O)[N+](C)(C)CCO. The van der Waals surface area contributed by atoms with Gasteiger partial charge < -0.3 is 5.11 Å². The Morgan fingerprint density at radius 2 is 2.11 bits per heavy atom. The molecule has 0 aromatic rings. The normalized spacial score (nSPS) is 11.6. The van der Waals surface area contributed by atoms with Crippen molar-refractivity contribution in [3.8, 4) is 0 Å². The number of carbonyl (C=O) groups excluding carboxylic acids is 1. The van der Waals surface area contributed by atoms with Gasteiger partial charge in [0, 0.05) is 0 Å². The molecule has 0 fully saturated rings. The Balaban J connectivity index is 3.85. The second-order valence-corrected chi connectivity index (χ2v) is 2.53. The predicted molar refractivity (Wildman–Crippen MR) is 34.4 cm³/mol. The number of hydrogen-bond donors (Lipinski definition) is 1. The van der Waals surface area contributed by atoms with Gasteiger partial charge in [-0.15, -0.1) is 0 Å². The molecule has 1 amide bonds. The lowest BCUT2D eigenvalue weighted by molar-refractivity contribution is -0.811. The summed E-state index contributed by atoms with van der Waals surface area (Å²) in [5, 5.41) is 8.46. The van der Waals surface area contributed by atoms with Crippen LogP contribution in [0.15, 0.2) is 0 Å². The summed E-state index contributed by atoms with van der Waals surface area (Å²) in [6.07, 6.45) is 0. The van der Waals surface area contributed by atoms with E-state index in [4.69, 9.17) is 5.11 Å². The van der Waals surface area contributed by atoms with Crippen molar-refractivity contribution < 1.29 is 14.4 Å². The molecule has 53 valence electrons. The van der Waals surface area contributed by atoms with Gasteiger partial charge in [-0.05, 0) is 0 Å². The molecular formula is C6H13NO2+. The van der Waals surface area contributed by atoms with Crippen LogP contribution < -0.4 is 0 Å². The molecule has 0 rings (SSSR count). The molecule has 0 bridgehead atoms. The van der Waals surface area contributed by atoms with Crippen molar-refractivity contribution in [2.45, 2.75) is 0 Å². The minimum Gasteiger partial charge on any atom is -0.390 e. The number of likely N-dealkylation sites (N-methyl/N-ethyl adjacent to an activating group) is 1. The molecule has 0 aliphatic carbocycles. The fraction of sp³-hybridized carbons (Fsp3) is 0.667. The molecule has 0 atom stereocenters. The third-order valence-electron chi connectivity index (χ3n) is 1.33. The summed E-state index contributed by atoms with van der Waals surface area (Å²) < 4.78 is 0.149. The summed E-state index contributed by atoms with van der Waals surface area (Å²) in [4.78, 5) is 10.6. The van der Waals surface area contributed by atoms with E-state index in [2.05, 4.69) is 6.92 Å². The van der Waals surface area contributed by atoms with Gasteiger partial charge in [0.1, 0.15) is 6.54 Å². The lowest BCUT2D eigenvalue weighted by Crippen LogP contribution is -2.45. The van der Waals surface area contributed by atoms with Crippen LogP contribution in [-0.2, 0) is 4.79 Å². The summed E-state index contributed by atoms with van der Waals surface area (Å²) in [6, 6.07) is 0. The predicted octanol–water partition coefficient (Wildman–Crippen LogP) is -0.584. The van der Waals surface area contributed by atoms with Gasteiger partial charge in [-0.3, -0.25) is 4.48 Å². The summed E-state index contributed by atoms with van der Waals surface area (Å²) >= 11 is 0. The quantitative estimate of drug-likeness (QED) is 0.509. The van der Waals surface area contributed by atoms with Gasteiger partial charge in [0.25, 0.3) is 0 Å². The zero-order chi connectivity index (χ0) is 7.49. The first kappa shape index (κ1) is 8.59. The number of aliphatic hydroxyl groups excluding tert-OH is 1. The van der Waals surface area contributed by atoms with Crippen molar-refractivity contribution in [1.82, 2.24) is 0 Å². The second-order valence-electron chi connectivity index (χ2n) is 2.53. The van der Waals surface area contributed by atoms with E-state index in [-0.39, 0.29) is 17.0 Å². The van der Waals surface area contributed by atoms with E-state index in [1.54, 1.807) is 14.1 Å². The minimum atomic E-state index is -0.177. The summed E-state index contributed by atoms with van der Waals surface area (Å²) in [7, 11) is 3.43. The molecule has 0 aliphatic rings. The fourth-order valence-electron chi connectivity index (χ4n) is 0.375. The molecular weight excluding hydrogens is 118 g/mol. The molecule has 0 aromatic heterocycles. The summed E-state index contributed by atoms with van der Waals surface area (Å²) in [5.74, 6) is -0.177. The van der Waals surface area contributed by atoms with Crippen LogP contribution >= 0.6 is 0 Å². The molecule has 0 aliphatic heterocycles. The van der Waals surface area contributed by atoms with Crippen LogP contribution in [0.1, 0.15) is 0 Å². The number of aliphatic hydroxyl groups is 1. The van der Waals surface area contributed by atoms with Gasteiger partial charge in [0.05, 0.1) is 27.6 Å². The highest BCUT2D eigenvalue weighted by atomic mass is 16.3. The molecule has 0 saturated carbocycles. The molecule has 0 unspecified atom stereocenters. The Kier molecular flexibility index (Phi) is 2.81. The molecule has 1 N–H and O–H groups in total. The number of quaternary nitrogens is 1. The number of carbonyl (C=O) groups is 1. The average Bonchev–Trinajstić information content (AvgIpc) is 1.65. The van der Waals surface area contributed by atoms with Crippen molar-refractivity contribution in [3.63, 3.8) is 0 Å². The number of rotatable bonds is 2. The molecule has 3 nitrogen and oxygen atoms in total. The number of hydrogen-bond acceptors (Lipinski definition) is 2. The molecule has 3 heteroatoms. The average molecular weight is 131 g/mol. The highest BCUT2D eigenvalue weighted by Crippen LogP contribution is 1.94. The molecule has 9 heavy (non-hydrogen) atoms. The monoisotopic (exact) mass is 131 g/mol. The van der Waals surface area contributed by atoms with Crippen LogP contribution in [0.25, 0.3) is 0 Å². The van der Waals surface area contributed by atoms with E-state index in [9.17, 15) is 4.79 Å². The van der Waals surface area contributed by atoms with Gasteiger partial charge in [0.15, 0.2) is 0 Å². The third kappa shape index (κ3) is 2.58. The maximum atomic E-state index is 10.6. The Morgan fingerprint density at radius 3 is 2.22 bits per heavy atom. The Labute approximate surface area is 55.5 Å². The summed E-state index contributed by atoms with van der Waals surface area (Å²) in [6.45, 7) is 3.71. The lowest BCUT2D eigenvalue weighted by Gasteiger charge is -2.23. The molecule has 1 radical (unpaired) electrons. The van der Waals surface area contributed by atoms with Gasteiger partial charge >= 0.3 is 5.91 Å². The minimum absolute atomic E-state index is 0.0221. The van der Waals surface area contributed by atoms with Crippen molar-refractivity contribution in [3.05, 3.63) is 6.92 Å². The zero-order valence-corrected chi connectivity index (χ0v) is 5.92. The largest absolute Gasteiger partial charge is 0.390 e. The highest BCUT2D eigenvalue weighted by Gasteiger charge is 2.19. The van der Waals surface area contributed by atoms with Crippen LogP contribution in [-0.4, -0.2) is 42.7 Å². The Hall–Kier alpha value is -0.410. The van der Waals surface area contributed by atoms with E-state index in [0.717, 1.165) is 0 Å². The fourth-order valence-corrected chi connectivity index (χ4v) is 0.375. The molecule has 0 spiro atoms. The zero-order valence-electron chi connectivity index (χ0n) is 5.92. The smallest absolute Gasteiger partial charge is 0.314 e. The van der Waals surface area contributed by atoms with Crippen molar-refractivity contribution in [2.75, 3.05) is 27.2 Å². The van der Waals surface area contributed by atoms with Crippen LogP contribution in [0.5, 0.6) is 0 Å². The third-order valence-corrected chi connectivity index (χ3v) is 1.33. The number of nitrogens with zero attached hydrogens (tertiary/aromatic N) is 1. The maximum Gasteiger partial charge on any atom is 0.314 e. The second kappa shape index (κ2) is 2.94. The molecule has 0 aromatic carbocycles. The Morgan fingerprint density at radius 1 is 1.67 bits per heavy atom. The van der Waals surface area contributed by atoms with Crippen molar-refractivity contribution >= 4 is 5.91 Å². The standard InChI is InChI=1S/C6H13NO2/c1-6(9)7(2,3)4-5-8/h8H,1,4-5H2,2-3H3/q+1. The van der Waals surface area contributed by atoms with Crippen LogP contribution in [0.4, 0.5) is 0 Å². The van der Waals surface area contributed by atoms with E-state index in [1.807, 2.05) is 0 Å².